The van der Waals surface area contributed by atoms with Gasteiger partial charge in [-0.25, -0.2) is 0 Å². The van der Waals surface area contributed by atoms with Gasteiger partial charge in [0.25, 0.3) is 0 Å². The minimum Gasteiger partial charge on any atom is -0.396 e. The third-order valence-corrected chi connectivity index (χ3v) is 3.20. The fourth-order valence-corrected chi connectivity index (χ4v) is 2.29. The van der Waals surface area contributed by atoms with Crippen molar-refractivity contribution in [2.75, 3.05) is 13.2 Å². The number of hydrogen-bond donors (Lipinski definition) is 1. The van der Waals surface area contributed by atoms with Crippen molar-refractivity contribution in [3.8, 4) is 0 Å². The Balaban J connectivity index is 2.22. The van der Waals surface area contributed by atoms with Gasteiger partial charge in [-0.3, -0.25) is 4.79 Å². The molecule has 1 aliphatic carbocycles. The Hall–Kier alpha value is -1.45. The molecule has 96 valence electrons. The Labute approximate surface area is 107 Å². The maximum atomic E-state index is 11.7. The SMILES string of the molecule is CCO[C@H](C1=CC(=O)[C@H](CO)C1)c1ccccc1. The van der Waals surface area contributed by atoms with Crippen LogP contribution in [0.3, 0.4) is 0 Å². The van der Waals surface area contributed by atoms with Gasteiger partial charge in [-0.15, -0.1) is 0 Å². The fraction of sp³-hybridized carbons (Fsp3) is 0.400. The maximum Gasteiger partial charge on any atom is 0.161 e. The molecule has 0 spiro atoms. The standard InChI is InChI=1S/C15H18O3/c1-2-18-15(11-6-4-3-5-7-11)12-8-13(10-16)14(17)9-12/h3-7,9,13,15-16H,2,8,10H2,1H3/t13-,15-/m0/s1. The summed E-state index contributed by atoms with van der Waals surface area (Å²) in [6, 6.07) is 9.87. The van der Waals surface area contributed by atoms with Gasteiger partial charge < -0.3 is 9.84 Å². The van der Waals surface area contributed by atoms with E-state index in [4.69, 9.17) is 9.84 Å². The Bertz CT molecular complexity index is 436. The summed E-state index contributed by atoms with van der Waals surface area (Å²) in [6.45, 7) is 2.44. The van der Waals surface area contributed by atoms with Crippen LogP contribution in [0.2, 0.25) is 0 Å². The lowest BCUT2D eigenvalue weighted by atomic mass is 9.98. The van der Waals surface area contributed by atoms with E-state index in [1.807, 2.05) is 37.3 Å². The second-order valence-electron chi connectivity index (χ2n) is 4.45. The molecule has 1 N–H and O–H groups in total. The van der Waals surface area contributed by atoms with E-state index < -0.39 is 0 Å². The van der Waals surface area contributed by atoms with E-state index in [1.165, 1.54) is 0 Å². The number of aliphatic hydroxyl groups excluding tert-OH is 1. The van der Waals surface area contributed by atoms with Crippen LogP contribution in [0.4, 0.5) is 0 Å². The zero-order chi connectivity index (χ0) is 13.0. The van der Waals surface area contributed by atoms with E-state index in [9.17, 15) is 4.79 Å². The molecule has 0 amide bonds. The first-order chi connectivity index (χ1) is 8.76. The molecule has 18 heavy (non-hydrogen) atoms. The molecule has 0 aromatic heterocycles. The maximum absolute atomic E-state index is 11.7. The summed E-state index contributed by atoms with van der Waals surface area (Å²) in [6.07, 6.45) is 2.06. The van der Waals surface area contributed by atoms with Gasteiger partial charge in [0.2, 0.25) is 0 Å². The molecule has 0 fully saturated rings. The monoisotopic (exact) mass is 246 g/mol. The number of hydrogen-bond acceptors (Lipinski definition) is 3. The predicted octanol–water partition coefficient (Wildman–Crippen LogP) is 2.27. The average molecular weight is 246 g/mol. The Morgan fingerprint density at radius 2 is 2.11 bits per heavy atom. The topological polar surface area (TPSA) is 46.5 Å². The molecule has 2 rings (SSSR count). The molecular formula is C15H18O3. The number of ether oxygens (including phenoxy) is 1. The van der Waals surface area contributed by atoms with E-state index in [0.717, 1.165) is 11.1 Å². The van der Waals surface area contributed by atoms with Crippen LogP contribution in [0.15, 0.2) is 42.0 Å². The lowest BCUT2D eigenvalue weighted by Gasteiger charge is -2.19. The van der Waals surface area contributed by atoms with E-state index in [-0.39, 0.29) is 24.4 Å². The third kappa shape index (κ3) is 2.68. The van der Waals surface area contributed by atoms with E-state index in [2.05, 4.69) is 0 Å². The Morgan fingerprint density at radius 1 is 1.39 bits per heavy atom. The van der Waals surface area contributed by atoms with Gasteiger partial charge in [-0.05, 0) is 30.6 Å². The molecule has 0 saturated carbocycles. The van der Waals surface area contributed by atoms with Crippen molar-refractivity contribution in [1.29, 1.82) is 0 Å². The van der Waals surface area contributed by atoms with Crippen LogP contribution < -0.4 is 0 Å². The van der Waals surface area contributed by atoms with E-state index in [1.54, 1.807) is 6.08 Å². The van der Waals surface area contributed by atoms with Crippen molar-refractivity contribution in [1.82, 2.24) is 0 Å². The average Bonchev–Trinajstić information content (AvgIpc) is 2.78. The van der Waals surface area contributed by atoms with Gasteiger partial charge in [-0.2, -0.15) is 0 Å². The first-order valence-corrected chi connectivity index (χ1v) is 6.28. The van der Waals surface area contributed by atoms with Crippen molar-refractivity contribution in [3.05, 3.63) is 47.5 Å². The summed E-state index contributed by atoms with van der Waals surface area (Å²) in [7, 11) is 0. The highest BCUT2D eigenvalue weighted by molar-refractivity contribution is 5.95. The van der Waals surface area contributed by atoms with Crippen molar-refractivity contribution in [2.45, 2.75) is 19.4 Å². The highest BCUT2D eigenvalue weighted by atomic mass is 16.5. The van der Waals surface area contributed by atoms with Crippen molar-refractivity contribution in [3.63, 3.8) is 0 Å². The van der Waals surface area contributed by atoms with Crippen LogP contribution in [0.25, 0.3) is 0 Å². The number of ketones is 1. The van der Waals surface area contributed by atoms with Crippen LogP contribution in [-0.2, 0) is 9.53 Å². The first kappa shape index (κ1) is 13.0. The number of rotatable bonds is 5. The molecule has 0 bridgehead atoms. The van der Waals surface area contributed by atoms with Crippen LogP contribution in [0, 0.1) is 5.92 Å². The highest BCUT2D eigenvalue weighted by Gasteiger charge is 2.29. The zero-order valence-corrected chi connectivity index (χ0v) is 10.5. The van der Waals surface area contributed by atoms with Crippen molar-refractivity contribution >= 4 is 5.78 Å². The number of aliphatic hydroxyl groups is 1. The molecular weight excluding hydrogens is 228 g/mol. The van der Waals surface area contributed by atoms with Crippen LogP contribution in [0.1, 0.15) is 25.0 Å². The van der Waals surface area contributed by atoms with Crippen LogP contribution >= 0.6 is 0 Å². The number of benzene rings is 1. The summed E-state index contributed by atoms with van der Waals surface area (Å²) in [4.78, 5) is 11.7. The smallest absolute Gasteiger partial charge is 0.161 e. The molecule has 0 saturated heterocycles. The van der Waals surface area contributed by atoms with Gasteiger partial charge >= 0.3 is 0 Å². The molecule has 0 aliphatic heterocycles. The molecule has 0 unspecified atom stereocenters. The lowest BCUT2D eigenvalue weighted by molar-refractivity contribution is -0.118. The minimum absolute atomic E-state index is 0.00753. The van der Waals surface area contributed by atoms with Gasteiger partial charge in [0.15, 0.2) is 5.78 Å². The van der Waals surface area contributed by atoms with Crippen LogP contribution in [-0.4, -0.2) is 24.1 Å². The van der Waals surface area contributed by atoms with Gasteiger partial charge in [0.1, 0.15) is 6.10 Å². The lowest BCUT2D eigenvalue weighted by Crippen LogP contribution is -2.12. The summed E-state index contributed by atoms with van der Waals surface area (Å²) in [5.41, 5.74) is 2.02. The van der Waals surface area contributed by atoms with E-state index in [0.29, 0.717) is 13.0 Å². The molecule has 0 heterocycles. The number of carbonyl (C=O) groups is 1. The quantitative estimate of drug-likeness (QED) is 0.867. The molecule has 2 atom stereocenters. The summed E-state index contributed by atoms with van der Waals surface area (Å²) >= 11 is 0. The molecule has 3 nitrogen and oxygen atoms in total. The normalized spacial score (nSPS) is 20.9. The second-order valence-corrected chi connectivity index (χ2v) is 4.45. The minimum atomic E-state index is -0.285. The summed E-state index contributed by atoms with van der Waals surface area (Å²) in [5, 5.41) is 9.14. The van der Waals surface area contributed by atoms with E-state index >= 15 is 0 Å². The largest absolute Gasteiger partial charge is 0.396 e. The van der Waals surface area contributed by atoms with Crippen molar-refractivity contribution < 1.29 is 14.6 Å². The number of carbonyl (C=O) groups excluding carboxylic acids is 1. The van der Waals surface area contributed by atoms with Crippen molar-refractivity contribution in [2.24, 2.45) is 5.92 Å². The zero-order valence-electron chi connectivity index (χ0n) is 10.5. The fourth-order valence-electron chi connectivity index (χ4n) is 2.29. The summed E-state index contributed by atoms with van der Waals surface area (Å²) < 4.78 is 5.75. The second kappa shape index (κ2) is 5.94. The Kier molecular flexibility index (Phi) is 4.28. The highest BCUT2D eigenvalue weighted by Crippen LogP contribution is 2.34. The first-order valence-electron chi connectivity index (χ1n) is 6.28. The molecule has 3 heteroatoms. The third-order valence-electron chi connectivity index (χ3n) is 3.20. The molecule has 0 radical (unpaired) electrons. The van der Waals surface area contributed by atoms with Gasteiger partial charge in [-0.1, -0.05) is 30.3 Å². The molecule has 1 aromatic rings. The molecule has 1 aliphatic rings. The number of allylic oxidation sites excluding steroid dienone is 1. The predicted molar refractivity (Wildman–Crippen MR) is 69.1 cm³/mol. The summed E-state index contributed by atoms with van der Waals surface area (Å²) in [5.74, 6) is -0.278. The van der Waals surface area contributed by atoms with Gasteiger partial charge in [0.05, 0.1) is 6.61 Å². The molecule has 1 aromatic carbocycles. The van der Waals surface area contributed by atoms with Gasteiger partial charge in [0, 0.05) is 12.5 Å². The Morgan fingerprint density at radius 3 is 2.67 bits per heavy atom. The van der Waals surface area contributed by atoms with Crippen LogP contribution in [0.5, 0.6) is 0 Å².